The van der Waals surface area contributed by atoms with Gasteiger partial charge in [0.15, 0.2) is 0 Å². The van der Waals surface area contributed by atoms with Crippen molar-refractivity contribution in [2.24, 2.45) is 5.92 Å². The Balaban J connectivity index is 3.26. The van der Waals surface area contributed by atoms with E-state index in [1.807, 2.05) is 13.8 Å². The molecule has 0 aromatic carbocycles. The molecular weight excluding hydrogens is 130 g/mol. The number of nitrogens with one attached hydrogen (secondary N) is 1. The lowest BCUT2D eigenvalue weighted by atomic mass is 10.2. The monoisotopic (exact) mass is 147 g/mol. The summed E-state index contributed by atoms with van der Waals surface area (Å²) < 4.78 is 0. The van der Waals surface area contributed by atoms with Crippen molar-refractivity contribution >= 4 is 0 Å². The van der Waals surface area contributed by atoms with Gasteiger partial charge in [0.25, 0.3) is 0 Å². The maximum Gasteiger partial charge on any atom is 0.0493 e. The normalized spacial score (nSPS) is 11.4. The highest BCUT2D eigenvalue weighted by Crippen LogP contribution is 1.90. The maximum absolute atomic E-state index is 8.64. The van der Waals surface area contributed by atoms with Crippen LogP contribution < -0.4 is 5.32 Å². The number of rotatable bonds is 5. The molecule has 0 radical (unpaired) electrons. The van der Waals surface area contributed by atoms with E-state index in [4.69, 9.17) is 10.2 Å². The molecule has 0 aliphatic carbocycles. The van der Waals surface area contributed by atoms with Gasteiger partial charge in [-0.1, -0.05) is 13.8 Å². The first kappa shape index (κ1) is 9.88. The van der Waals surface area contributed by atoms with E-state index < -0.39 is 0 Å². The molecule has 3 N–H and O–H groups in total. The molecule has 0 aliphatic heterocycles. The first-order valence-corrected chi connectivity index (χ1v) is 3.65. The lowest BCUT2D eigenvalue weighted by molar-refractivity contribution is 0.147. The van der Waals surface area contributed by atoms with E-state index >= 15 is 0 Å². The molecule has 0 unspecified atom stereocenters. The fraction of sp³-hybridized carbons (Fsp3) is 1.00. The Morgan fingerprint density at radius 1 is 1.20 bits per heavy atom. The molecular formula is C7H17NO2. The van der Waals surface area contributed by atoms with E-state index in [1.165, 1.54) is 0 Å². The van der Waals surface area contributed by atoms with Crippen molar-refractivity contribution in [2.45, 2.75) is 19.9 Å². The van der Waals surface area contributed by atoms with E-state index in [0.717, 1.165) is 0 Å². The highest BCUT2D eigenvalue weighted by molar-refractivity contribution is 4.61. The van der Waals surface area contributed by atoms with Crippen LogP contribution in [0.2, 0.25) is 0 Å². The van der Waals surface area contributed by atoms with Crippen LogP contribution >= 0.6 is 0 Å². The van der Waals surface area contributed by atoms with Crippen molar-refractivity contribution in [2.75, 3.05) is 19.8 Å². The molecule has 0 atom stereocenters. The van der Waals surface area contributed by atoms with Gasteiger partial charge in [-0.15, -0.1) is 0 Å². The second-order valence-corrected chi connectivity index (χ2v) is 2.79. The van der Waals surface area contributed by atoms with Gasteiger partial charge in [0, 0.05) is 31.7 Å². The van der Waals surface area contributed by atoms with Crippen molar-refractivity contribution < 1.29 is 10.2 Å². The number of aliphatic hydroxyl groups excluding tert-OH is 2. The lowest BCUT2D eigenvalue weighted by Crippen LogP contribution is -2.32. The Bertz CT molecular complexity index is 72.0. The summed E-state index contributed by atoms with van der Waals surface area (Å²) in [5.41, 5.74) is 0. The zero-order valence-electron chi connectivity index (χ0n) is 6.67. The van der Waals surface area contributed by atoms with Crippen LogP contribution in [0.15, 0.2) is 0 Å². The molecule has 0 saturated heterocycles. The largest absolute Gasteiger partial charge is 0.396 e. The Morgan fingerprint density at radius 2 is 1.70 bits per heavy atom. The molecule has 0 amide bonds. The van der Waals surface area contributed by atoms with E-state index in [1.54, 1.807) is 0 Å². The number of hydrogen-bond donors (Lipinski definition) is 3. The molecule has 3 nitrogen and oxygen atoms in total. The summed E-state index contributed by atoms with van der Waals surface area (Å²) >= 11 is 0. The van der Waals surface area contributed by atoms with Gasteiger partial charge >= 0.3 is 0 Å². The highest BCUT2D eigenvalue weighted by atomic mass is 16.3. The predicted molar refractivity (Wildman–Crippen MR) is 40.8 cm³/mol. The lowest BCUT2D eigenvalue weighted by Gasteiger charge is -2.13. The van der Waals surface area contributed by atoms with Gasteiger partial charge < -0.3 is 15.5 Å². The minimum Gasteiger partial charge on any atom is -0.396 e. The zero-order valence-corrected chi connectivity index (χ0v) is 6.67. The summed E-state index contributed by atoms with van der Waals surface area (Å²) in [5.74, 6) is -0.0117. The van der Waals surface area contributed by atoms with Crippen molar-refractivity contribution in [3.63, 3.8) is 0 Å². The number of aliphatic hydroxyl groups is 2. The smallest absolute Gasteiger partial charge is 0.0493 e. The summed E-state index contributed by atoms with van der Waals surface area (Å²) in [6.07, 6.45) is 0. The fourth-order valence-corrected chi connectivity index (χ4v) is 0.589. The van der Waals surface area contributed by atoms with Crippen molar-refractivity contribution in [1.82, 2.24) is 5.32 Å². The topological polar surface area (TPSA) is 52.5 Å². The molecule has 3 heteroatoms. The molecule has 10 heavy (non-hydrogen) atoms. The average Bonchev–Trinajstić information content (AvgIpc) is 1.90. The average molecular weight is 147 g/mol. The van der Waals surface area contributed by atoms with E-state index in [9.17, 15) is 0 Å². The Labute approximate surface area is 62.1 Å². The third-order valence-electron chi connectivity index (χ3n) is 1.33. The molecule has 0 spiro atoms. The molecule has 0 heterocycles. The third-order valence-corrected chi connectivity index (χ3v) is 1.33. The predicted octanol–water partition coefficient (Wildman–Crippen LogP) is -0.415. The molecule has 0 rings (SSSR count). The SMILES string of the molecule is CC(C)NCC(CO)CO. The standard InChI is InChI=1S/C7H17NO2/c1-6(2)8-3-7(4-9)5-10/h6-10H,3-5H2,1-2H3. The molecule has 0 aliphatic rings. The molecule has 0 fully saturated rings. The van der Waals surface area contributed by atoms with Gasteiger partial charge in [0.05, 0.1) is 0 Å². The Kier molecular flexibility index (Phi) is 5.58. The second kappa shape index (κ2) is 5.65. The van der Waals surface area contributed by atoms with Crippen LogP contribution in [0.3, 0.4) is 0 Å². The van der Waals surface area contributed by atoms with Crippen molar-refractivity contribution in [1.29, 1.82) is 0 Å². The molecule has 62 valence electrons. The van der Waals surface area contributed by atoms with E-state index in [2.05, 4.69) is 5.32 Å². The Morgan fingerprint density at radius 3 is 2.00 bits per heavy atom. The summed E-state index contributed by atoms with van der Waals surface area (Å²) in [6.45, 7) is 4.86. The first-order chi connectivity index (χ1) is 4.70. The summed E-state index contributed by atoms with van der Waals surface area (Å²) in [4.78, 5) is 0. The van der Waals surface area contributed by atoms with Crippen LogP contribution in [-0.4, -0.2) is 36.0 Å². The van der Waals surface area contributed by atoms with Crippen molar-refractivity contribution in [3.05, 3.63) is 0 Å². The minimum atomic E-state index is -0.0117. The van der Waals surface area contributed by atoms with Gasteiger partial charge in [-0.3, -0.25) is 0 Å². The first-order valence-electron chi connectivity index (χ1n) is 3.65. The van der Waals surface area contributed by atoms with Crippen LogP contribution in [0.5, 0.6) is 0 Å². The van der Waals surface area contributed by atoms with Crippen LogP contribution in [0.4, 0.5) is 0 Å². The third kappa shape index (κ3) is 4.73. The molecule has 0 aromatic heterocycles. The zero-order chi connectivity index (χ0) is 7.98. The molecule has 0 aromatic rings. The summed E-state index contributed by atoms with van der Waals surface area (Å²) in [5, 5.41) is 20.4. The van der Waals surface area contributed by atoms with Crippen molar-refractivity contribution in [3.8, 4) is 0 Å². The highest BCUT2D eigenvalue weighted by Gasteiger charge is 2.04. The fourth-order valence-electron chi connectivity index (χ4n) is 0.589. The van der Waals surface area contributed by atoms with Crippen LogP contribution in [0, 0.1) is 5.92 Å². The van der Waals surface area contributed by atoms with E-state index in [-0.39, 0.29) is 19.1 Å². The van der Waals surface area contributed by atoms with Gasteiger partial charge in [-0.2, -0.15) is 0 Å². The summed E-state index contributed by atoms with van der Waals surface area (Å²) in [7, 11) is 0. The molecule has 0 bridgehead atoms. The van der Waals surface area contributed by atoms with Gasteiger partial charge in [0.2, 0.25) is 0 Å². The number of hydrogen-bond acceptors (Lipinski definition) is 3. The summed E-state index contributed by atoms with van der Waals surface area (Å²) in [6, 6.07) is 0.417. The van der Waals surface area contributed by atoms with Crippen LogP contribution in [0.25, 0.3) is 0 Å². The second-order valence-electron chi connectivity index (χ2n) is 2.79. The van der Waals surface area contributed by atoms with Crippen LogP contribution in [-0.2, 0) is 0 Å². The maximum atomic E-state index is 8.64. The van der Waals surface area contributed by atoms with Crippen LogP contribution in [0.1, 0.15) is 13.8 Å². The van der Waals surface area contributed by atoms with Gasteiger partial charge in [0.1, 0.15) is 0 Å². The van der Waals surface area contributed by atoms with Gasteiger partial charge in [-0.05, 0) is 0 Å². The minimum absolute atomic E-state index is 0.0117. The Hall–Kier alpha value is -0.120. The molecule has 0 saturated carbocycles. The van der Waals surface area contributed by atoms with E-state index in [0.29, 0.717) is 12.6 Å². The quantitative estimate of drug-likeness (QED) is 0.495. The van der Waals surface area contributed by atoms with Gasteiger partial charge in [-0.25, -0.2) is 0 Å².